The Hall–Kier alpha value is -2.15. The molecule has 4 N–H and O–H groups in total. The van der Waals surface area contributed by atoms with Crippen molar-refractivity contribution in [2.24, 2.45) is 5.73 Å². The van der Waals surface area contributed by atoms with E-state index in [1.165, 1.54) is 6.20 Å². The largest absolute Gasteiger partial charge is 0.481 e. The number of carbonyl (C=O) groups excluding carboxylic acids is 1. The van der Waals surface area contributed by atoms with Gasteiger partial charge in [0.1, 0.15) is 5.82 Å². The average molecular weight is 266 g/mol. The molecule has 0 aromatic carbocycles. The third-order valence-electron chi connectivity index (χ3n) is 2.48. The third kappa shape index (κ3) is 4.92. The summed E-state index contributed by atoms with van der Waals surface area (Å²) in [5.74, 6) is -0.617. The number of carboxylic acid groups (broad SMARTS) is 1. The molecule has 0 spiro atoms. The number of carbonyl (C=O) groups is 2. The second kappa shape index (κ2) is 6.69. The second-order valence-electron chi connectivity index (χ2n) is 4.33. The molecule has 19 heavy (non-hydrogen) atoms. The topological polar surface area (TPSA) is 109 Å². The summed E-state index contributed by atoms with van der Waals surface area (Å²) in [5, 5.41) is 11.1. The van der Waals surface area contributed by atoms with E-state index in [2.05, 4.69) is 10.3 Å². The van der Waals surface area contributed by atoms with Crippen LogP contribution in [0.15, 0.2) is 18.3 Å². The Morgan fingerprint density at radius 1 is 1.47 bits per heavy atom. The molecular weight excluding hydrogens is 248 g/mol. The van der Waals surface area contributed by atoms with Gasteiger partial charge in [-0.2, -0.15) is 0 Å². The second-order valence-corrected chi connectivity index (χ2v) is 4.33. The van der Waals surface area contributed by atoms with Crippen molar-refractivity contribution in [2.75, 3.05) is 24.3 Å². The number of aromatic nitrogens is 1. The fourth-order valence-corrected chi connectivity index (χ4v) is 1.37. The van der Waals surface area contributed by atoms with Crippen molar-refractivity contribution in [3.05, 3.63) is 18.3 Å². The van der Waals surface area contributed by atoms with Crippen LogP contribution in [0.2, 0.25) is 0 Å². The molecule has 0 aliphatic rings. The quantitative estimate of drug-likeness (QED) is 0.682. The minimum absolute atomic E-state index is 0.102. The fourth-order valence-electron chi connectivity index (χ4n) is 1.37. The zero-order valence-corrected chi connectivity index (χ0v) is 11.0. The van der Waals surface area contributed by atoms with Crippen LogP contribution in [0.3, 0.4) is 0 Å². The summed E-state index contributed by atoms with van der Waals surface area (Å²) in [6.45, 7) is 0. The molecule has 0 fully saturated rings. The van der Waals surface area contributed by atoms with E-state index in [9.17, 15) is 9.59 Å². The van der Waals surface area contributed by atoms with Gasteiger partial charge in [0.2, 0.25) is 5.91 Å². The van der Waals surface area contributed by atoms with Gasteiger partial charge in [-0.3, -0.25) is 9.59 Å². The molecule has 0 saturated carbocycles. The Labute approximate surface area is 111 Å². The molecule has 1 heterocycles. The summed E-state index contributed by atoms with van der Waals surface area (Å²) in [7, 11) is 3.73. The van der Waals surface area contributed by atoms with Gasteiger partial charge in [-0.1, -0.05) is 0 Å². The summed E-state index contributed by atoms with van der Waals surface area (Å²) in [5.41, 5.74) is 6.12. The monoisotopic (exact) mass is 266 g/mol. The van der Waals surface area contributed by atoms with Gasteiger partial charge >= 0.3 is 5.97 Å². The maximum absolute atomic E-state index is 11.7. The predicted octanol–water partition coefficient (Wildman–Crippen LogP) is 0.278. The van der Waals surface area contributed by atoms with Gasteiger partial charge in [0.05, 0.1) is 17.9 Å². The zero-order chi connectivity index (χ0) is 14.4. The number of nitrogens with one attached hydrogen (secondary N) is 1. The standard InChI is InChI=1S/C12H18N4O3/c1-16(2)10-5-3-8(7-14-10)15-12(19)9(13)4-6-11(17)18/h3,5,7,9H,4,6,13H2,1-2H3,(H,15,19)(H,17,18). The van der Waals surface area contributed by atoms with Gasteiger partial charge in [0, 0.05) is 20.5 Å². The smallest absolute Gasteiger partial charge is 0.303 e. The van der Waals surface area contributed by atoms with Gasteiger partial charge in [-0.25, -0.2) is 4.98 Å². The van der Waals surface area contributed by atoms with E-state index in [1.807, 2.05) is 19.0 Å². The molecule has 0 aliphatic heterocycles. The van der Waals surface area contributed by atoms with E-state index >= 15 is 0 Å². The Morgan fingerprint density at radius 3 is 2.63 bits per heavy atom. The van der Waals surface area contributed by atoms with Crippen LogP contribution in [0.4, 0.5) is 11.5 Å². The third-order valence-corrected chi connectivity index (χ3v) is 2.48. The molecule has 0 saturated heterocycles. The van der Waals surface area contributed by atoms with Crippen molar-refractivity contribution in [3.63, 3.8) is 0 Å². The highest BCUT2D eigenvalue weighted by Gasteiger charge is 2.15. The van der Waals surface area contributed by atoms with Crippen LogP contribution in [0.5, 0.6) is 0 Å². The number of hydrogen-bond donors (Lipinski definition) is 3. The summed E-state index contributed by atoms with van der Waals surface area (Å²) in [6, 6.07) is 2.63. The van der Waals surface area contributed by atoms with E-state index in [0.717, 1.165) is 5.82 Å². The van der Waals surface area contributed by atoms with Gasteiger partial charge in [0.25, 0.3) is 0 Å². The number of pyridine rings is 1. The number of nitrogens with zero attached hydrogens (tertiary/aromatic N) is 2. The van der Waals surface area contributed by atoms with E-state index < -0.39 is 17.9 Å². The normalized spacial score (nSPS) is 11.7. The summed E-state index contributed by atoms with van der Waals surface area (Å²) in [6.07, 6.45) is 1.49. The van der Waals surface area contributed by atoms with Crippen molar-refractivity contribution in [1.82, 2.24) is 4.98 Å². The van der Waals surface area contributed by atoms with Crippen molar-refractivity contribution >= 4 is 23.4 Å². The maximum atomic E-state index is 11.7. The van der Waals surface area contributed by atoms with E-state index in [1.54, 1.807) is 12.1 Å². The van der Waals surface area contributed by atoms with Gasteiger partial charge in [-0.15, -0.1) is 0 Å². The lowest BCUT2D eigenvalue weighted by Gasteiger charge is -2.13. The van der Waals surface area contributed by atoms with Crippen LogP contribution in [-0.2, 0) is 9.59 Å². The van der Waals surface area contributed by atoms with Crippen molar-refractivity contribution < 1.29 is 14.7 Å². The minimum Gasteiger partial charge on any atom is -0.481 e. The number of anilines is 2. The lowest BCUT2D eigenvalue weighted by atomic mass is 10.1. The van der Waals surface area contributed by atoms with Crippen molar-refractivity contribution in [3.8, 4) is 0 Å². The minimum atomic E-state index is -0.972. The van der Waals surface area contributed by atoms with Crippen LogP contribution in [0, 0.1) is 0 Å². The first kappa shape index (κ1) is 14.9. The number of nitrogens with two attached hydrogens (primary N) is 1. The van der Waals surface area contributed by atoms with Crippen LogP contribution < -0.4 is 16.0 Å². The molecule has 1 amide bonds. The molecule has 7 heteroatoms. The molecule has 1 unspecified atom stereocenters. The molecule has 1 rings (SSSR count). The molecule has 7 nitrogen and oxygen atoms in total. The molecule has 104 valence electrons. The van der Waals surface area contributed by atoms with Crippen LogP contribution in [0.1, 0.15) is 12.8 Å². The molecule has 1 aromatic heterocycles. The number of rotatable bonds is 6. The number of amides is 1. The lowest BCUT2D eigenvalue weighted by Crippen LogP contribution is -2.36. The first-order chi connectivity index (χ1) is 8.90. The molecular formula is C12H18N4O3. The van der Waals surface area contributed by atoms with Crippen LogP contribution in [0.25, 0.3) is 0 Å². The fraction of sp³-hybridized carbons (Fsp3) is 0.417. The van der Waals surface area contributed by atoms with Crippen molar-refractivity contribution in [2.45, 2.75) is 18.9 Å². The number of carboxylic acids is 1. The highest BCUT2D eigenvalue weighted by Crippen LogP contribution is 2.12. The van der Waals surface area contributed by atoms with Gasteiger partial charge in [-0.05, 0) is 18.6 Å². The number of aliphatic carboxylic acids is 1. The summed E-state index contributed by atoms with van der Waals surface area (Å²) in [4.78, 5) is 28.0. The highest BCUT2D eigenvalue weighted by molar-refractivity contribution is 5.94. The Balaban J connectivity index is 2.54. The Morgan fingerprint density at radius 2 is 2.16 bits per heavy atom. The van der Waals surface area contributed by atoms with E-state index in [-0.39, 0.29) is 12.8 Å². The first-order valence-corrected chi connectivity index (χ1v) is 5.81. The SMILES string of the molecule is CN(C)c1ccc(NC(=O)C(N)CCC(=O)O)cn1. The maximum Gasteiger partial charge on any atom is 0.303 e. The first-order valence-electron chi connectivity index (χ1n) is 5.81. The van der Waals surface area contributed by atoms with Crippen molar-refractivity contribution in [1.29, 1.82) is 0 Å². The molecule has 1 aromatic rings. The van der Waals surface area contributed by atoms with E-state index in [4.69, 9.17) is 10.8 Å². The number of hydrogen-bond acceptors (Lipinski definition) is 5. The zero-order valence-electron chi connectivity index (χ0n) is 11.0. The summed E-state index contributed by atoms with van der Waals surface area (Å²) < 4.78 is 0. The predicted molar refractivity (Wildman–Crippen MR) is 72.0 cm³/mol. The lowest BCUT2D eigenvalue weighted by molar-refractivity contribution is -0.137. The highest BCUT2D eigenvalue weighted by atomic mass is 16.4. The van der Waals surface area contributed by atoms with Crippen LogP contribution >= 0.6 is 0 Å². The van der Waals surface area contributed by atoms with Gasteiger partial charge in [0.15, 0.2) is 0 Å². The molecule has 1 atom stereocenters. The molecule has 0 aliphatic carbocycles. The summed E-state index contributed by atoms with van der Waals surface area (Å²) >= 11 is 0. The van der Waals surface area contributed by atoms with Crippen LogP contribution in [-0.4, -0.2) is 42.1 Å². The molecule has 0 bridgehead atoms. The van der Waals surface area contributed by atoms with Gasteiger partial charge < -0.3 is 21.1 Å². The Kier molecular flexibility index (Phi) is 5.25. The van der Waals surface area contributed by atoms with E-state index in [0.29, 0.717) is 5.69 Å². The molecule has 0 radical (unpaired) electrons. The Bertz CT molecular complexity index is 445. The average Bonchev–Trinajstić information content (AvgIpc) is 2.36.